The van der Waals surface area contributed by atoms with Crippen LogP contribution >= 0.6 is 0 Å². The number of ether oxygens (including phenoxy) is 1. The molecule has 1 saturated carbocycles. The Bertz CT molecular complexity index is 1040. The zero-order valence-corrected chi connectivity index (χ0v) is 15.7. The first-order valence-electron chi connectivity index (χ1n) is 9.10. The molecule has 3 aromatic rings. The molecule has 0 aliphatic heterocycles. The Morgan fingerprint density at radius 1 is 1.25 bits per heavy atom. The average Bonchev–Trinajstić information content (AvgIpc) is 3.39. The van der Waals surface area contributed by atoms with Crippen molar-refractivity contribution < 1.29 is 14.3 Å². The summed E-state index contributed by atoms with van der Waals surface area (Å²) in [6.07, 6.45) is 4.89. The highest BCUT2D eigenvalue weighted by Crippen LogP contribution is 2.30. The summed E-state index contributed by atoms with van der Waals surface area (Å²) >= 11 is 0. The molecule has 3 aromatic heterocycles. The number of nitrogens with zero attached hydrogens (tertiary/aromatic N) is 2. The van der Waals surface area contributed by atoms with E-state index in [1.54, 1.807) is 25.6 Å². The number of aromatic nitrogens is 3. The fraction of sp³-hybridized carbons (Fsp3) is 0.300. The highest BCUT2D eigenvalue weighted by molar-refractivity contribution is 5.99. The molecule has 1 aliphatic carbocycles. The molecule has 1 atom stereocenters. The van der Waals surface area contributed by atoms with E-state index in [0.717, 1.165) is 29.4 Å². The molecule has 1 aliphatic rings. The van der Waals surface area contributed by atoms with Gasteiger partial charge in [-0.15, -0.1) is 0 Å². The molecule has 0 saturated heterocycles. The first kappa shape index (κ1) is 18.1. The van der Waals surface area contributed by atoms with Gasteiger partial charge >= 0.3 is 0 Å². The smallest absolute Gasteiger partial charge is 0.269 e. The van der Waals surface area contributed by atoms with Crippen molar-refractivity contribution in [1.82, 2.24) is 25.6 Å². The van der Waals surface area contributed by atoms with Gasteiger partial charge in [-0.05, 0) is 42.7 Å². The standard InChI is InChI=1S/C20H21N5O3/c1-21-20(27)16-10-11(19(26)24-12-3-4-12)9-15(25-16)17(28-2)13-5-7-22-18-14(13)6-8-23-18/h5-10,12,17H,3-4H2,1-2H3,(H,21,27)(H,22,23)(H,24,26). The van der Waals surface area contributed by atoms with E-state index in [2.05, 4.69) is 25.6 Å². The first-order valence-corrected chi connectivity index (χ1v) is 9.10. The summed E-state index contributed by atoms with van der Waals surface area (Å²) in [5.74, 6) is -0.577. The molecule has 1 unspecified atom stereocenters. The molecule has 2 amide bonds. The summed E-state index contributed by atoms with van der Waals surface area (Å²) < 4.78 is 5.73. The Hall–Kier alpha value is -3.26. The molecule has 0 spiro atoms. The first-order chi connectivity index (χ1) is 13.6. The molecule has 4 rings (SSSR count). The number of hydrogen-bond donors (Lipinski definition) is 3. The molecule has 0 aromatic carbocycles. The van der Waals surface area contributed by atoms with Crippen LogP contribution in [-0.2, 0) is 4.74 Å². The Morgan fingerprint density at radius 3 is 2.79 bits per heavy atom. The maximum absolute atomic E-state index is 12.6. The van der Waals surface area contributed by atoms with Gasteiger partial charge in [0.25, 0.3) is 11.8 Å². The molecule has 1 fully saturated rings. The number of pyridine rings is 2. The fourth-order valence-corrected chi connectivity index (χ4v) is 3.18. The topological polar surface area (TPSA) is 109 Å². The molecular formula is C20H21N5O3. The van der Waals surface area contributed by atoms with Crippen LogP contribution in [0.3, 0.4) is 0 Å². The largest absolute Gasteiger partial charge is 0.370 e. The van der Waals surface area contributed by atoms with Crippen molar-refractivity contribution in [3.05, 3.63) is 59.2 Å². The molecule has 8 heteroatoms. The van der Waals surface area contributed by atoms with Crippen LogP contribution in [0.15, 0.2) is 36.7 Å². The van der Waals surface area contributed by atoms with Crippen LogP contribution in [0.25, 0.3) is 11.0 Å². The Morgan fingerprint density at radius 2 is 2.07 bits per heavy atom. The van der Waals surface area contributed by atoms with Crippen molar-refractivity contribution in [3.8, 4) is 0 Å². The van der Waals surface area contributed by atoms with Crippen molar-refractivity contribution in [2.75, 3.05) is 14.2 Å². The van der Waals surface area contributed by atoms with Gasteiger partial charge in [0.15, 0.2) is 0 Å². The van der Waals surface area contributed by atoms with Crippen molar-refractivity contribution in [2.45, 2.75) is 25.0 Å². The summed E-state index contributed by atoms with van der Waals surface area (Å²) in [6.45, 7) is 0. The van der Waals surface area contributed by atoms with E-state index in [1.165, 1.54) is 13.1 Å². The highest BCUT2D eigenvalue weighted by Gasteiger charge is 2.26. The Kier molecular flexibility index (Phi) is 4.79. The number of aromatic amines is 1. The van der Waals surface area contributed by atoms with E-state index in [0.29, 0.717) is 11.3 Å². The number of nitrogens with one attached hydrogen (secondary N) is 3. The summed E-state index contributed by atoms with van der Waals surface area (Å²) in [7, 11) is 3.10. The van der Waals surface area contributed by atoms with E-state index < -0.39 is 6.10 Å². The number of carbonyl (C=O) groups is 2. The van der Waals surface area contributed by atoms with Gasteiger partial charge in [-0.3, -0.25) is 9.59 Å². The third kappa shape index (κ3) is 3.46. The third-order valence-electron chi connectivity index (χ3n) is 4.76. The maximum Gasteiger partial charge on any atom is 0.269 e. The van der Waals surface area contributed by atoms with Crippen molar-refractivity contribution in [1.29, 1.82) is 0 Å². The summed E-state index contributed by atoms with van der Waals surface area (Å²) in [5, 5.41) is 6.40. The average molecular weight is 379 g/mol. The lowest BCUT2D eigenvalue weighted by Gasteiger charge is -2.18. The SMILES string of the molecule is CNC(=O)c1cc(C(=O)NC2CC2)cc(C(OC)c2ccnc3[nH]ccc23)n1. The molecular weight excluding hydrogens is 358 g/mol. The molecule has 8 nitrogen and oxygen atoms in total. The van der Waals surface area contributed by atoms with Crippen LogP contribution in [0.1, 0.15) is 51.0 Å². The van der Waals surface area contributed by atoms with Crippen LogP contribution in [0.5, 0.6) is 0 Å². The summed E-state index contributed by atoms with van der Waals surface area (Å²) in [6, 6.07) is 7.16. The van der Waals surface area contributed by atoms with Gasteiger partial charge in [-0.25, -0.2) is 9.97 Å². The van der Waals surface area contributed by atoms with Crippen molar-refractivity contribution in [3.63, 3.8) is 0 Å². The summed E-state index contributed by atoms with van der Waals surface area (Å²) in [4.78, 5) is 36.7. The van der Waals surface area contributed by atoms with Crippen LogP contribution in [0, 0.1) is 0 Å². The normalized spacial score (nSPS) is 14.6. The monoisotopic (exact) mass is 379 g/mol. The van der Waals surface area contributed by atoms with Gasteiger partial charge in [0.2, 0.25) is 0 Å². The molecule has 144 valence electrons. The van der Waals surface area contributed by atoms with E-state index in [9.17, 15) is 9.59 Å². The van der Waals surface area contributed by atoms with Crippen molar-refractivity contribution in [2.24, 2.45) is 0 Å². The van der Waals surface area contributed by atoms with E-state index in [4.69, 9.17) is 4.74 Å². The molecule has 3 N–H and O–H groups in total. The lowest BCUT2D eigenvalue weighted by atomic mass is 10.0. The Balaban J connectivity index is 1.80. The second-order valence-electron chi connectivity index (χ2n) is 6.75. The molecule has 0 radical (unpaired) electrons. The Labute approximate surface area is 161 Å². The van der Waals surface area contributed by atoms with Crippen LogP contribution in [0.2, 0.25) is 0 Å². The fourth-order valence-electron chi connectivity index (χ4n) is 3.18. The summed E-state index contributed by atoms with van der Waals surface area (Å²) in [5.41, 5.74) is 2.62. The predicted octanol–water partition coefficient (Wildman–Crippen LogP) is 1.95. The second-order valence-corrected chi connectivity index (χ2v) is 6.75. The third-order valence-corrected chi connectivity index (χ3v) is 4.76. The highest BCUT2D eigenvalue weighted by atomic mass is 16.5. The maximum atomic E-state index is 12.6. The van der Waals surface area contributed by atoms with Gasteiger partial charge in [0, 0.05) is 43.5 Å². The van der Waals surface area contributed by atoms with E-state index >= 15 is 0 Å². The van der Waals surface area contributed by atoms with E-state index in [1.807, 2.05) is 12.1 Å². The van der Waals surface area contributed by atoms with Crippen LogP contribution < -0.4 is 10.6 Å². The van der Waals surface area contributed by atoms with Crippen LogP contribution in [-0.4, -0.2) is 47.0 Å². The minimum atomic E-state index is -0.557. The van der Waals surface area contributed by atoms with Crippen molar-refractivity contribution >= 4 is 22.8 Å². The predicted molar refractivity (Wildman–Crippen MR) is 103 cm³/mol. The molecule has 0 bridgehead atoms. The number of amides is 2. The number of hydrogen-bond acceptors (Lipinski definition) is 5. The van der Waals surface area contributed by atoms with Gasteiger partial charge in [0.05, 0.1) is 5.69 Å². The number of carbonyl (C=O) groups excluding carboxylic acids is 2. The van der Waals surface area contributed by atoms with Gasteiger partial charge in [0.1, 0.15) is 17.4 Å². The van der Waals surface area contributed by atoms with Gasteiger partial charge in [-0.2, -0.15) is 0 Å². The lowest BCUT2D eigenvalue weighted by Crippen LogP contribution is -2.27. The second kappa shape index (κ2) is 7.40. The van der Waals surface area contributed by atoms with Gasteiger partial charge < -0.3 is 20.4 Å². The molecule has 3 heterocycles. The van der Waals surface area contributed by atoms with E-state index in [-0.39, 0.29) is 23.6 Å². The van der Waals surface area contributed by atoms with Crippen LogP contribution in [0.4, 0.5) is 0 Å². The minimum absolute atomic E-state index is 0.169. The lowest BCUT2D eigenvalue weighted by molar-refractivity contribution is 0.0949. The zero-order valence-electron chi connectivity index (χ0n) is 15.7. The minimum Gasteiger partial charge on any atom is -0.370 e. The zero-order chi connectivity index (χ0) is 19.7. The number of H-pyrrole nitrogens is 1. The number of methoxy groups -OCH3 is 1. The number of rotatable bonds is 6. The molecule has 28 heavy (non-hydrogen) atoms. The number of fused-ring (bicyclic) bond motifs is 1. The quantitative estimate of drug-likeness (QED) is 0.606. The van der Waals surface area contributed by atoms with Gasteiger partial charge in [-0.1, -0.05) is 0 Å².